The Labute approximate surface area is 124 Å². The van der Waals surface area contributed by atoms with Crippen LogP contribution in [0.15, 0.2) is 12.1 Å². The number of ether oxygens (including phenoxy) is 1. The van der Waals surface area contributed by atoms with Crippen LogP contribution in [0, 0.1) is 5.92 Å². The molecular weight excluding hydrogens is 268 g/mol. The van der Waals surface area contributed by atoms with E-state index in [2.05, 4.69) is 21.2 Å². The zero-order valence-corrected chi connectivity index (χ0v) is 12.1. The van der Waals surface area contributed by atoms with E-state index in [9.17, 15) is 4.79 Å². The maximum absolute atomic E-state index is 12.3. The highest BCUT2D eigenvalue weighted by atomic mass is 16.5. The molecule has 2 saturated heterocycles. The minimum absolute atomic E-state index is 0.105. The van der Waals surface area contributed by atoms with E-state index in [4.69, 9.17) is 4.74 Å². The van der Waals surface area contributed by atoms with Crippen molar-refractivity contribution in [1.29, 1.82) is 0 Å². The van der Waals surface area contributed by atoms with Crippen molar-refractivity contribution in [3.63, 3.8) is 0 Å². The number of carbonyl (C=O) groups is 1. The van der Waals surface area contributed by atoms with Crippen LogP contribution in [0.2, 0.25) is 0 Å². The average molecular weight is 288 g/mol. The van der Waals surface area contributed by atoms with Crippen LogP contribution >= 0.6 is 0 Å². The standard InChI is InChI=1S/C15H20N4O2/c20-15(18-5-7-21-8-6-18)12-9-19(10-12)14-4-3-13(16-17-14)11-1-2-11/h3-4,11-12H,1-2,5-10H2. The third-order valence-corrected chi connectivity index (χ3v) is 4.54. The summed E-state index contributed by atoms with van der Waals surface area (Å²) in [4.78, 5) is 16.4. The van der Waals surface area contributed by atoms with Crippen molar-refractivity contribution in [3.8, 4) is 0 Å². The summed E-state index contributed by atoms with van der Waals surface area (Å²) in [5, 5.41) is 8.60. The highest BCUT2D eigenvalue weighted by Gasteiger charge is 2.36. The van der Waals surface area contributed by atoms with Crippen molar-refractivity contribution in [2.45, 2.75) is 18.8 Å². The monoisotopic (exact) mass is 288 g/mol. The number of hydrogen-bond acceptors (Lipinski definition) is 5. The molecule has 3 aliphatic rings. The third-order valence-electron chi connectivity index (χ3n) is 4.54. The van der Waals surface area contributed by atoms with Gasteiger partial charge in [-0.05, 0) is 25.0 Å². The Hall–Kier alpha value is -1.69. The van der Waals surface area contributed by atoms with Crippen LogP contribution in [0.4, 0.5) is 5.82 Å². The van der Waals surface area contributed by atoms with E-state index in [1.165, 1.54) is 12.8 Å². The molecule has 1 aliphatic carbocycles. The minimum Gasteiger partial charge on any atom is -0.378 e. The van der Waals surface area contributed by atoms with Gasteiger partial charge in [-0.3, -0.25) is 4.79 Å². The number of aromatic nitrogens is 2. The van der Waals surface area contributed by atoms with Gasteiger partial charge in [0.2, 0.25) is 5.91 Å². The Kier molecular flexibility index (Phi) is 3.25. The molecule has 0 bridgehead atoms. The molecule has 1 amide bonds. The molecule has 1 saturated carbocycles. The van der Waals surface area contributed by atoms with Gasteiger partial charge in [0.1, 0.15) is 0 Å². The van der Waals surface area contributed by atoms with Crippen molar-refractivity contribution in [1.82, 2.24) is 15.1 Å². The summed E-state index contributed by atoms with van der Waals surface area (Å²) in [6.45, 7) is 4.30. The SMILES string of the molecule is O=C(C1CN(c2ccc(C3CC3)nn2)C1)N1CCOCC1. The van der Waals surface area contributed by atoms with Crippen LogP contribution in [0.1, 0.15) is 24.5 Å². The van der Waals surface area contributed by atoms with Gasteiger partial charge in [0.25, 0.3) is 0 Å². The first-order valence-electron chi connectivity index (χ1n) is 7.76. The second-order valence-electron chi connectivity index (χ2n) is 6.13. The van der Waals surface area contributed by atoms with Crippen molar-refractivity contribution in [3.05, 3.63) is 17.8 Å². The summed E-state index contributed by atoms with van der Waals surface area (Å²) in [5.74, 6) is 1.90. The highest BCUT2D eigenvalue weighted by molar-refractivity contribution is 5.82. The molecule has 0 N–H and O–H groups in total. The molecular formula is C15H20N4O2. The fourth-order valence-electron chi connectivity index (χ4n) is 2.96. The summed E-state index contributed by atoms with van der Waals surface area (Å²) >= 11 is 0. The van der Waals surface area contributed by atoms with Gasteiger partial charge >= 0.3 is 0 Å². The molecule has 0 spiro atoms. The van der Waals surface area contributed by atoms with Crippen molar-refractivity contribution in [2.24, 2.45) is 5.92 Å². The molecule has 3 heterocycles. The lowest BCUT2D eigenvalue weighted by molar-refractivity contribution is -0.140. The van der Waals surface area contributed by atoms with E-state index in [-0.39, 0.29) is 11.8 Å². The second kappa shape index (κ2) is 5.26. The second-order valence-corrected chi connectivity index (χ2v) is 6.13. The predicted molar refractivity (Wildman–Crippen MR) is 77.1 cm³/mol. The average Bonchev–Trinajstić information content (AvgIpc) is 3.32. The van der Waals surface area contributed by atoms with Crippen molar-refractivity contribution in [2.75, 3.05) is 44.3 Å². The van der Waals surface area contributed by atoms with Gasteiger partial charge in [0, 0.05) is 32.1 Å². The summed E-state index contributed by atoms with van der Waals surface area (Å²) in [6, 6.07) is 4.12. The zero-order valence-electron chi connectivity index (χ0n) is 12.1. The molecule has 1 aromatic heterocycles. The van der Waals surface area contributed by atoms with E-state index in [1.807, 2.05) is 11.0 Å². The number of anilines is 1. The first-order chi connectivity index (χ1) is 10.3. The Balaban J connectivity index is 1.32. The van der Waals surface area contributed by atoms with E-state index >= 15 is 0 Å². The summed E-state index contributed by atoms with van der Waals surface area (Å²) < 4.78 is 5.28. The van der Waals surface area contributed by atoms with E-state index in [0.717, 1.165) is 37.7 Å². The zero-order chi connectivity index (χ0) is 14.2. The molecule has 6 nitrogen and oxygen atoms in total. The number of morpholine rings is 1. The molecule has 2 aliphatic heterocycles. The van der Waals surface area contributed by atoms with Crippen LogP contribution < -0.4 is 4.90 Å². The summed E-state index contributed by atoms with van der Waals surface area (Å²) in [6.07, 6.45) is 2.49. The fourth-order valence-corrected chi connectivity index (χ4v) is 2.96. The van der Waals surface area contributed by atoms with Gasteiger partial charge in [-0.25, -0.2) is 0 Å². The molecule has 0 aromatic carbocycles. The molecule has 21 heavy (non-hydrogen) atoms. The molecule has 1 aromatic rings. The molecule has 112 valence electrons. The van der Waals surface area contributed by atoms with Gasteiger partial charge in [0.05, 0.1) is 24.8 Å². The molecule has 0 radical (unpaired) electrons. The third kappa shape index (κ3) is 2.60. The lowest BCUT2D eigenvalue weighted by atomic mass is 9.98. The Morgan fingerprint density at radius 1 is 1.14 bits per heavy atom. The van der Waals surface area contributed by atoms with Gasteiger partial charge in [-0.1, -0.05) is 0 Å². The van der Waals surface area contributed by atoms with Gasteiger partial charge < -0.3 is 14.5 Å². The summed E-state index contributed by atoms with van der Waals surface area (Å²) in [5.41, 5.74) is 1.11. The van der Waals surface area contributed by atoms with Crippen molar-refractivity contribution >= 4 is 11.7 Å². The van der Waals surface area contributed by atoms with Crippen LogP contribution in [-0.4, -0.2) is 60.4 Å². The van der Waals surface area contributed by atoms with E-state index in [1.54, 1.807) is 0 Å². The minimum atomic E-state index is 0.105. The first-order valence-corrected chi connectivity index (χ1v) is 7.76. The Morgan fingerprint density at radius 2 is 1.90 bits per heavy atom. The molecule has 0 unspecified atom stereocenters. The number of hydrogen-bond donors (Lipinski definition) is 0. The van der Waals surface area contributed by atoms with E-state index in [0.29, 0.717) is 19.1 Å². The van der Waals surface area contributed by atoms with Crippen LogP contribution in [0.5, 0.6) is 0 Å². The van der Waals surface area contributed by atoms with Crippen LogP contribution in [0.3, 0.4) is 0 Å². The molecule has 6 heteroatoms. The molecule has 4 rings (SSSR count). The molecule has 0 atom stereocenters. The number of nitrogens with zero attached hydrogens (tertiary/aromatic N) is 4. The quantitative estimate of drug-likeness (QED) is 0.817. The number of rotatable bonds is 3. The maximum Gasteiger partial charge on any atom is 0.229 e. The topological polar surface area (TPSA) is 58.6 Å². The first kappa shape index (κ1) is 13.0. The smallest absolute Gasteiger partial charge is 0.229 e. The number of carbonyl (C=O) groups excluding carboxylic acids is 1. The van der Waals surface area contributed by atoms with Crippen molar-refractivity contribution < 1.29 is 9.53 Å². The lowest BCUT2D eigenvalue weighted by Crippen LogP contribution is -2.56. The number of amides is 1. The van der Waals surface area contributed by atoms with E-state index < -0.39 is 0 Å². The molecule has 3 fully saturated rings. The normalized spacial score (nSPS) is 23.0. The van der Waals surface area contributed by atoms with Crippen LogP contribution in [0.25, 0.3) is 0 Å². The Morgan fingerprint density at radius 3 is 2.52 bits per heavy atom. The largest absolute Gasteiger partial charge is 0.378 e. The van der Waals surface area contributed by atoms with Gasteiger partial charge in [-0.15, -0.1) is 5.10 Å². The maximum atomic E-state index is 12.3. The summed E-state index contributed by atoms with van der Waals surface area (Å²) in [7, 11) is 0. The Bertz CT molecular complexity index is 517. The van der Waals surface area contributed by atoms with Gasteiger partial charge in [0.15, 0.2) is 5.82 Å². The van der Waals surface area contributed by atoms with Crippen LogP contribution in [-0.2, 0) is 9.53 Å². The highest BCUT2D eigenvalue weighted by Crippen LogP contribution is 2.39. The van der Waals surface area contributed by atoms with Gasteiger partial charge in [-0.2, -0.15) is 5.10 Å². The fraction of sp³-hybridized carbons (Fsp3) is 0.667. The lowest BCUT2D eigenvalue weighted by Gasteiger charge is -2.41. The predicted octanol–water partition coefficient (Wildman–Crippen LogP) is 0.649.